The Morgan fingerprint density at radius 1 is 1.04 bits per heavy atom. The monoisotopic (exact) mass is 306 g/mol. The Balaban J connectivity index is 1.87. The summed E-state index contributed by atoms with van der Waals surface area (Å²) in [4.78, 5) is 16.5. The van der Waals surface area contributed by atoms with Crippen molar-refractivity contribution in [2.45, 2.75) is 6.92 Å². The van der Waals surface area contributed by atoms with E-state index in [2.05, 4.69) is 10.1 Å². The van der Waals surface area contributed by atoms with E-state index in [9.17, 15) is 9.90 Å². The minimum atomic E-state index is -0.235. The highest BCUT2D eigenvalue weighted by atomic mass is 16.4. The van der Waals surface area contributed by atoms with E-state index in [0.717, 1.165) is 5.56 Å². The Morgan fingerprint density at radius 3 is 2.30 bits per heavy atom. The maximum atomic E-state index is 12.3. The lowest BCUT2D eigenvalue weighted by Crippen LogP contribution is -1.99. The molecule has 0 bridgehead atoms. The number of Topliss-reactive ketones (excluding diaryl/α,β-unsaturated/α-hetero) is 1. The minimum absolute atomic E-state index is 0.0470. The van der Waals surface area contributed by atoms with Crippen molar-refractivity contribution in [1.29, 1.82) is 0 Å². The van der Waals surface area contributed by atoms with Crippen LogP contribution in [0.4, 0.5) is 5.69 Å². The van der Waals surface area contributed by atoms with Crippen LogP contribution in [0.3, 0.4) is 0 Å². The molecule has 0 atom stereocenters. The van der Waals surface area contributed by atoms with Gasteiger partial charge in [-0.15, -0.1) is 0 Å². The summed E-state index contributed by atoms with van der Waals surface area (Å²) in [6, 6.07) is 13.9. The summed E-state index contributed by atoms with van der Waals surface area (Å²) >= 11 is 0. The van der Waals surface area contributed by atoms with Gasteiger partial charge in [-0.3, -0.25) is 9.79 Å². The summed E-state index contributed by atoms with van der Waals surface area (Å²) in [5, 5.41) is 22.0. The number of nitrogens with zero attached hydrogens (tertiary/aromatic N) is 2. The van der Waals surface area contributed by atoms with E-state index in [0.29, 0.717) is 22.5 Å². The first kappa shape index (κ1) is 14.7. The number of aliphatic imine (C=N–C) groups is 1. The predicted octanol–water partition coefficient (Wildman–Crippen LogP) is 3.75. The first-order chi connectivity index (χ1) is 11.1. The topological polar surface area (TPSA) is 82.2 Å². The third kappa shape index (κ3) is 2.64. The second-order valence-corrected chi connectivity index (χ2v) is 5.13. The van der Waals surface area contributed by atoms with Crippen molar-refractivity contribution in [2.75, 3.05) is 0 Å². The van der Waals surface area contributed by atoms with Crippen molar-refractivity contribution in [3.8, 4) is 0 Å². The van der Waals surface area contributed by atoms with Crippen LogP contribution in [0.1, 0.15) is 28.4 Å². The molecule has 3 rings (SSSR count). The number of aliphatic hydroxyl groups is 1. The largest absolute Gasteiger partial charge is 0.506 e. The highest BCUT2D eigenvalue weighted by molar-refractivity contribution is 6.30. The number of hydrogen-bond donors (Lipinski definition) is 2. The van der Waals surface area contributed by atoms with Crippen LogP contribution in [0.2, 0.25) is 0 Å². The third-order valence-corrected chi connectivity index (χ3v) is 3.70. The van der Waals surface area contributed by atoms with Crippen molar-refractivity contribution in [3.05, 3.63) is 70.8 Å². The van der Waals surface area contributed by atoms with Crippen LogP contribution < -0.4 is 0 Å². The normalized spacial score (nSPS) is 14.7. The molecule has 114 valence electrons. The molecule has 0 aliphatic heterocycles. The Kier molecular flexibility index (Phi) is 3.76. The molecule has 0 unspecified atom stereocenters. The van der Waals surface area contributed by atoms with Gasteiger partial charge < -0.3 is 10.3 Å². The molecule has 2 aromatic carbocycles. The fourth-order valence-corrected chi connectivity index (χ4v) is 2.39. The summed E-state index contributed by atoms with van der Waals surface area (Å²) < 4.78 is 0. The van der Waals surface area contributed by atoms with Gasteiger partial charge in [0.1, 0.15) is 5.76 Å². The van der Waals surface area contributed by atoms with Gasteiger partial charge in [-0.05, 0) is 24.6 Å². The van der Waals surface area contributed by atoms with Gasteiger partial charge in [-0.2, -0.15) is 0 Å². The van der Waals surface area contributed by atoms with Gasteiger partial charge in [0, 0.05) is 17.3 Å². The van der Waals surface area contributed by atoms with E-state index in [4.69, 9.17) is 5.21 Å². The molecule has 0 amide bonds. The van der Waals surface area contributed by atoms with E-state index in [1.807, 2.05) is 0 Å². The molecular formula is C18H14N2O3. The van der Waals surface area contributed by atoms with Gasteiger partial charge in [-0.1, -0.05) is 41.6 Å². The van der Waals surface area contributed by atoms with Crippen molar-refractivity contribution >= 4 is 29.2 Å². The number of ketones is 1. The average Bonchev–Trinajstić information content (AvgIpc) is 2.84. The number of rotatable bonds is 3. The SMILES string of the molecule is C/C(=N/O)c1ccc(N=CC2=C(O)c3ccccc3C2=O)cc1. The molecule has 5 heteroatoms. The Morgan fingerprint density at radius 2 is 1.70 bits per heavy atom. The van der Waals surface area contributed by atoms with E-state index in [-0.39, 0.29) is 17.1 Å². The lowest BCUT2D eigenvalue weighted by Gasteiger charge is -1.99. The van der Waals surface area contributed by atoms with Gasteiger partial charge in [-0.25, -0.2) is 0 Å². The number of hydrogen-bond acceptors (Lipinski definition) is 5. The fraction of sp³-hybridized carbons (Fsp3) is 0.0556. The number of aliphatic hydroxyl groups excluding tert-OH is 1. The van der Waals surface area contributed by atoms with Crippen molar-refractivity contribution in [3.63, 3.8) is 0 Å². The number of allylic oxidation sites excluding steroid dienone is 1. The van der Waals surface area contributed by atoms with Crippen LogP contribution in [-0.4, -0.2) is 28.0 Å². The Bertz CT molecular complexity index is 862. The van der Waals surface area contributed by atoms with Crippen LogP contribution in [0, 0.1) is 0 Å². The molecule has 2 N–H and O–H groups in total. The highest BCUT2D eigenvalue weighted by Gasteiger charge is 2.27. The molecule has 2 aromatic rings. The second kappa shape index (κ2) is 5.88. The Labute approximate surface area is 132 Å². The summed E-state index contributed by atoms with van der Waals surface area (Å²) in [5.74, 6) is -0.282. The summed E-state index contributed by atoms with van der Waals surface area (Å²) in [7, 11) is 0. The van der Waals surface area contributed by atoms with Crippen molar-refractivity contribution < 1.29 is 15.1 Å². The van der Waals surface area contributed by atoms with Crippen LogP contribution in [-0.2, 0) is 0 Å². The first-order valence-corrected chi connectivity index (χ1v) is 7.02. The number of oxime groups is 1. The summed E-state index contributed by atoms with van der Waals surface area (Å²) in [5.41, 5.74) is 3.10. The summed E-state index contributed by atoms with van der Waals surface area (Å²) in [6.45, 7) is 1.69. The van der Waals surface area contributed by atoms with Crippen LogP contribution in [0.25, 0.3) is 5.76 Å². The van der Waals surface area contributed by atoms with Crippen LogP contribution in [0.15, 0.2) is 64.3 Å². The maximum absolute atomic E-state index is 12.3. The molecule has 5 nitrogen and oxygen atoms in total. The van der Waals surface area contributed by atoms with Gasteiger partial charge >= 0.3 is 0 Å². The molecule has 23 heavy (non-hydrogen) atoms. The Hall–Kier alpha value is -3.21. The van der Waals surface area contributed by atoms with Crippen molar-refractivity contribution in [2.24, 2.45) is 10.1 Å². The quantitative estimate of drug-likeness (QED) is 0.514. The third-order valence-electron chi connectivity index (χ3n) is 3.70. The standard InChI is InChI=1S/C18H14N2O3/c1-11(20-23)12-6-8-13(9-7-12)19-10-16-17(21)14-4-2-3-5-15(14)18(16)22/h2-10,21,23H,1H3/b19-10?,20-11-. The van der Waals surface area contributed by atoms with Gasteiger partial charge in [0.25, 0.3) is 0 Å². The lowest BCUT2D eigenvalue weighted by atomic mass is 10.1. The molecule has 0 radical (unpaired) electrons. The summed E-state index contributed by atoms with van der Waals surface area (Å²) in [6.07, 6.45) is 1.37. The second-order valence-electron chi connectivity index (χ2n) is 5.13. The number of fused-ring (bicyclic) bond motifs is 1. The fourth-order valence-electron chi connectivity index (χ4n) is 2.39. The molecular weight excluding hydrogens is 292 g/mol. The average molecular weight is 306 g/mol. The van der Waals surface area contributed by atoms with Crippen molar-refractivity contribution in [1.82, 2.24) is 0 Å². The molecule has 0 saturated heterocycles. The molecule has 0 fully saturated rings. The zero-order valence-electron chi connectivity index (χ0n) is 12.4. The van der Waals surface area contributed by atoms with E-state index >= 15 is 0 Å². The van der Waals surface area contributed by atoms with E-state index in [1.165, 1.54) is 6.21 Å². The van der Waals surface area contributed by atoms with E-state index in [1.54, 1.807) is 55.5 Å². The lowest BCUT2D eigenvalue weighted by molar-refractivity contribution is 0.104. The number of benzene rings is 2. The maximum Gasteiger partial charge on any atom is 0.199 e. The van der Waals surface area contributed by atoms with Gasteiger partial charge in [0.05, 0.1) is 17.0 Å². The predicted molar refractivity (Wildman–Crippen MR) is 88.9 cm³/mol. The van der Waals surface area contributed by atoms with Crippen LogP contribution >= 0.6 is 0 Å². The van der Waals surface area contributed by atoms with Gasteiger partial charge in [0.2, 0.25) is 0 Å². The molecule has 0 saturated carbocycles. The minimum Gasteiger partial charge on any atom is -0.506 e. The van der Waals surface area contributed by atoms with Gasteiger partial charge in [0.15, 0.2) is 5.78 Å². The van der Waals surface area contributed by atoms with E-state index < -0.39 is 0 Å². The molecule has 0 heterocycles. The zero-order chi connectivity index (χ0) is 16.4. The highest BCUT2D eigenvalue weighted by Crippen LogP contribution is 2.30. The smallest absolute Gasteiger partial charge is 0.199 e. The zero-order valence-corrected chi connectivity index (χ0v) is 12.4. The molecule has 0 spiro atoms. The van der Waals surface area contributed by atoms with Crippen LogP contribution in [0.5, 0.6) is 0 Å². The first-order valence-electron chi connectivity index (χ1n) is 7.02. The molecule has 1 aliphatic carbocycles. The number of carbonyl (C=O) groups is 1. The molecule has 0 aromatic heterocycles. The molecule has 1 aliphatic rings. The number of carbonyl (C=O) groups excluding carboxylic acids is 1.